The van der Waals surface area contributed by atoms with E-state index in [0.29, 0.717) is 28.4 Å². The third-order valence-corrected chi connectivity index (χ3v) is 5.09. The van der Waals surface area contributed by atoms with Crippen LogP contribution < -0.4 is 5.32 Å². The molecule has 142 valence electrons. The molecule has 6 nitrogen and oxygen atoms in total. The highest BCUT2D eigenvalue weighted by atomic mass is 35.5. The molecule has 0 saturated carbocycles. The molecule has 0 atom stereocenters. The molecule has 0 aliphatic carbocycles. The standard InChI is InChI=1S/C20H22ClN3O3/c1-14-11-17(24(26)27)12-18(21)19(14)22-13-15-5-7-16(8-6-15)20(25)23-9-3-2-4-10-23/h5-8,11-12,22H,2-4,9-10,13H2,1H3. The molecular formula is C20H22ClN3O3. The SMILES string of the molecule is Cc1cc([N+](=O)[O-])cc(Cl)c1NCc1ccc(C(=O)N2CCCCC2)cc1. The summed E-state index contributed by atoms with van der Waals surface area (Å²) in [6, 6.07) is 10.4. The Hall–Kier alpha value is -2.60. The minimum Gasteiger partial charge on any atom is -0.380 e. The number of nitrogens with one attached hydrogen (secondary N) is 1. The highest BCUT2D eigenvalue weighted by Crippen LogP contribution is 2.31. The van der Waals surface area contributed by atoms with Gasteiger partial charge in [-0.3, -0.25) is 14.9 Å². The molecule has 27 heavy (non-hydrogen) atoms. The average molecular weight is 388 g/mol. The van der Waals surface area contributed by atoms with E-state index in [1.165, 1.54) is 18.6 Å². The van der Waals surface area contributed by atoms with Crippen LogP contribution in [0.15, 0.2) is 36.4 Å². The molecule has 1 saturated heterocycles. The van der Waals surface area contributed by atoms with Gasteiger partial charge in [-0.1, -0.05) is 23.7 Å². The number of hydrogen-bond donors (Lipinski definition) is 1. The van der Waals surface area contributed by atoms with Crippen LogP contribution in [0.25, 0.3) is 0 Å². The Morgan fingerprint density at radius 3 is 2.44 bits per heavy atom. The molecule has 1 amide bonds. The lowest BCUT2D eigenvalue weighted by molar-refractivity contribution is -0.384. The normalized spacial score (nSPS) is 14.1. The van der Waals surface area contributed by atoms with Gasteiger partial charge in [0.05, 0.1) is 15.6 Å². The number of anilines is 1. The zero-order valence-corrected chi connectivity index (χ0v) is 16.0. The zero-order valence-electron chi connectivity index (χ0n) is 15.2. The fourth-order valence-electron chi connectivity index (χ4n) is 3.29. The summed E-state index contributed by atoms with van der Waals surface area (Å²) in [6.45, 7) is 3.96. The van der Waals surface area contributed by atoms with Crippen molar-refractivity contribution >= 4 is 28.9 Å². The first-order valence-electron chi connectivity index (χ1n) is 9.02. The lowest BCUT2D eigenvalue weighted by Crippen LogP contribution is -2.35. The molecule has 2 aromatic carbocycles. The largest absolute Gasteiger partial charge is 0.380 e. The van der Waals surface area contributed by atoms with Gasteiger partial charge in [0.15, 0.2) is 0 Å². The number of nitro benzene ring substituents is 1. The van der Waals surface area contributed by atoms with Crippen LogP contribution >= 0.6 is 11.6 Å². The number of likely N-dealkylation sites (tertiary alicyclic amines) is 1. The molecule has 0 spiro atoms. The second kappa shape index (κ2) is 8.39. The van der Waals surface area contributed by atoms with E-state index in [1.54, 1.807) is 6.92 Å². The monoisotopic (exact) mass is 387 g/mol. The number of halogens is 1. The van der Waals surface area contributed by atoms with Crippen LogP contribution in [0.4, 0.5) is 11.4 Å². The lowest BCUT2D eigenvalue weighted by atomic mass is 10.1. The second-order valence-electron chi connectivity index (χ2n) is 6.78. The minimum absolute atomic E-state index is 0.0244. The van der Waals surface area contributed by atoms with Crippen LogP contribution in [0.2, 0.25) is 5.02 Å². The van der Waals surface area contributed by atoms with Gasteiger partial charge in [-0.15, -0.1) is 0 Å². The Morgan fingerprint density at radius 2 is 1.85 bits per heavy atom. The number of benzene rings is 2. The van der Waals surface area contributed by atoms with E-state index in [-0.39, 0.29) is 11.6 Å². The van der Waals surface area contributed by atoms with Crippen LogP contribution in [0.5, 0.6) is 0 Å². The Morgan fingerprint density at radius 1 is 1.19 bits per heavy atom. The van der Waals surface area contributed by atoms with Crippen molar-refractivity contribution in [1.29, 1.82) is 0 Å². The van der Waals surface area contributed by atoms with E-state index >= 15 is 0 Å². The number of nitro groups is 1. The van der Waals surface area contributed by atoms with Gasteiger partial charge in [-0.2, -0.15) is 0 Å². The predicted octanol–water partition coefficient (Wildman–Crippen LogP) is 4.79. The maximum atomic E-state index is 12.5. The van der Waals surface area contributed by atoms with Crippen LogP contribution in [0, 0.1) is 17.0 Å². The first-order valence-corrected chi connectivity index (χ1v) is 9.40. The summed E-state index contributed by atoms with van der Waals surface area (Å²) in [7, 11) is 0. The molecule has 1 aliphatic heterocycles. The summed E-state index contributed by atoms with van der Waals surface area (Å²) in [5.41, 5.74) is 3.06. The average Bonchev–Trinajstić information content (AvgIpc) is 2.67. The summed E-state index contributed by atoms with van der Waals surface area (Å²) < 4.78 is 0. The molecule has 0 unspecified atom stereocenters. The van der Waals surface area contributed by atoms with E-state index in [9.17, 15) is 14.9 Å². The second-order valence-corrected chi connectivity index (χ2v) is 7.19. The topological polar surface area (TPSA) is 75.5 Å². The number of hydrogen-bond acceptors (Lipinski definition) is 4. The van der Waals surface area contributed by atoms with Gasteiger partial charge in [0.25, 0.3) is 11.6 Å². The number of carbonyl (C=O) groups excluding carboxylic acids is 1. The van der Waals surface area contributed by atoms with Crippen LogP contribution in [0.1, 0.15) is 40.7 Å². The predicted molar refractivity (Wildman–Crippen MR) is 106 cm³/mol. The number of nitrogens with zero attached hydrogens (tertiary/aromatic N) is 2. The van der Waals surface area contributed by atoms with Crippen LogP contribution in [0.3, 0.4) is 0 Å². The molecule has 1 N–H and O–H groups in total. The van der Waals surface area contributed by atoms with E-state index in [4.69, 9.17) is 11.6 Å². The number of piperidine rings is 1. The summed E-state index contributed by atoms with van der Waals surface area (Å²) in [4.78, 5) is 24.9. The Kier molecular flexibility index (Phi) is 5.96. The number of amides is 1. The Labute approximate surface area is 163 Å². The van der Waals surface area contributed by atoms with Crippen molar-refractivity contribution < 1.29 is 9.72 Å². The molecule has 3 rings (SSSR count). The molecule has 0 aromatic heterocycles. The Balaban J connectivity index is 1.65. The fourth-order valence-corrected chi connectivity index (χ4v) is 3.62. The molecule has 1 aliphatic rings. The van der Waals surface area contributed by atoms with E-state index in [1.807, 2.05) is 29.2 Å². The van der Waals surface area contributed by atoms with Crippen molar-refractivity contribution in [2.75, 3.05) is 18.4 Å². The molecule has 0 bridgehead atoms. The van der Waals surface area contributed by atoms with Gasteiger partial charge in [-0.25, -0.2) is 0 Å². The summed E-state index contributed by atoms with van der Waals surface area (Å²) >= 11 is 6.18. The Bertz CT molecular complexity index is 823. The first kappa shape index (κ1) is 19.2. The first-order chi connectivity index (χ1) is 13.0. The quantitative estimate of drug-likeness (QED) is 0.590. The highest BCUT2D eigenvalue weighted by molar-refractivity contribution is 6.33. The van der Waals surface area contributed by atoms with Gasteiger partial charge in [0, 0.05) is 37.3 Å². The number of non-ortho nitro benzene ring substituents is 1. The smallest absolute Gasteiger partial charge is 0.271 e. The van der Waals surface area contributed by atoms with Gasteiger partial charge >= 0.3 is 0 Å². The van der Waals surface area contributed by atoms with Gasteiger partial charge in [0.2, 0.25) is 0 Å². The van der Waals surface area contributed by atoms with Crippen LogP contribution in [-0.4, -0.2) is 28.8 Å². The third-order valence-electron chi connectivity index (χ3n) is 4.80. The van der Waals surface area contributed by atoms with E-state index < -0.39 is 4.92 Å². The number of aryl methyl sites for hydroxylation is 1. The number of carbonyl (C=O) groups is 1. The maximum Gasteiger partial charge on any atom is 0.271 e. The molecule has 0 radical (unpaired) electrons. The molecule has 1 fully saturated rings. The highest BCUT2D eigenvalue weighted by Gasteiger charge is 2.18. The van der Waals surface area contributed by atoms with Crippen molar-refractivity contribution in [2.45, 2.75) is 32.7 Å². The van der Waals surface area contributed by atoms with Crippen LogP contribution in [-0.2, 0) is 6.54 Å². The van der Waals surface area contributed by atoms with E-state index in [0.717, 1.165) is 31.5 Å². The molecule has 2 aromatic rings. The van der Waals surface area contributed by atoms with Gasteiger partial charge in [0.1, 0.15) is 0 Å². The third kappa shape index (κ3) is 4.57. The minimum atomic E-state index is -0.458. The fraction of sp³-hybridized carbons (Fsp3) is 0.350. The van der Waals surface area contributed by atoms with Crippen molar-refractivity contribution in [1.82, 2.24) is 4.90 Å². The van der Waals surface area contributed by atoms with Crippen molar-refractivity contribution in [3.8, 4) is 0 Å². The van der Waals surface area contributed by atoms with Crippen molar-refractivity contribution in [3.05, 3.63) is 68.2 Å². The molecule has 7 heteroatoms. The van der Waals surface area contributed by atoms with Gasteiger partial charge in [-0.05, 0) is 49.4 Å². The van der Waals surface area contributed by atoms with E-state index in [2.05, 4.69) is 5.32 Å². The van der Waals surface area contributed by atoms with Crippen molar-refractivity contribution in [2.24, 2.45) is 0 Å². The van der Waals surface area contributed by atoms with Crippen molar-refractivity contribution in [3.63, 3.8) is 0 Å². The number of rotatable bonds is 5. The maximum absolute atomic E-state index is 12.5. The zero-order chi connectivity index (χ0) is 19.4. The van der Waals surface area contributed by atoms with Gasteiger partial charge < -0.3 is 10.2 Å². The lowest BCUT2D eigenvalue weighted by Gasteiger charge is -2.26. The summed E-state index contributed by atoms with van der Waals surface area (Å²) in [5.74, 6) is 0.0865. The molecular weight excluding hydrogens is 366 g/mol. The summed E-state index contributed by atoms with van der Waals surface area (Å²) in [6.07, 6.45) is 3.34. The molecule has 1 heterocycles. The summed E-state index contributed by atoms with van der Waals surface area (Å²) in [5, 5.41) is 14.4.